The van der Waals surface area contributed by atoms with Crippen molar-refractivity contribution in [2.75, 3.05) is 0 Å². The van der Waals surface area contributed by atoms with E-state index in [0.717, 1.165) is 31.4 Å². The highest BCUT2D eigenvalue weighted by atomic mass is 32.2. The summed E-state index contributed by atoms with van der Waals surface area (Å²) in [5.41, 5.74) is 0.586. The average Bonchev–Trinajstić information content (AvgIpc) is 2.85. The zero-order chi connectivity index (χ0) is 15.5. The van der Waals surface area contributed by atoms with Gasteiger partial charge in [-0.1, -0.05) is 33.1 Å². The number of nitrogens with one attached hydrogen (secondary N) is 3. The van der Waals surface area contributed by atoms with E-state index >= 15 is 0 Å². The lowest BCUT2D eigenvalue weighted by molar-refractivity contribution is 0.294. The van der Waals surface area contributed by atoms with E-state index in [1.807, 2.05) is 6.92 Å². The zero-order valence-electron chi connectivity index (χ0n) is 13.2. The fourth-order valence-corrected chi connectivity index (χ4v) is 4.29. The molecule has 1 fully saturated rings. The van der Waals surface area contributed by atoms with E-state index in [4.69, 9.17) is 0 Å². The highest BCUT2D eigenvalue weighted by Crippen LogP contribution is 2.29. The molecule has 1 aliphatic carbocycles. The molecule has 6 heteroatoms. The van der Waals surface area contributed by atoms with Gasteiger partial charge in [-0.05, 0) is 25.8 Å². The maximum absolute atomic E-state index is 12.5. The number of H-pyrrole nitrogens is 1. The standard InChI is InChI=1S/C15H27N3O2S/c1-12(2)16-10-13-9-14(11-17-13)21(19,20)18-15(3)7-5-4-6-8-15/h9,11-12,16-18H,4-8,10H2,1-3H3. The Morgan fingerprint density at radius 3 is 2.57 bits per heavy atom. The third-order valence-corrected chi connectivity index (χ3v) is 5.68. The monoisotopic (exact) mass is 313 g/mol. The quantitative estimate of drug-likeness (QED) is 0.755. The predicted octanol–water partition coefficient (Wildman–Crippen LogP) is 2.51. The van der Waals surface area contributed by atoms with Crippen molar-refractivity contribution in [3.8, 4) is 0 Å². The molecule has 1 aromatic heterocycles. The number of aromatic nitrogens is 1. The van der Waals surface area contributed by atoms with Gasteiger partial charge in [-0.2, -0.15) is 0 Å². The first-order valence-electron chi connectivity index (χ1n) is 7.75. The lowest BCUT2D eigenvalue weighted by Crippen LogP contribution is -2.46. The molecule has 0 bridgehead atoms. The van der Waals surface area contributed by atoms with Crippen LogP contribution in [-0.4, -0.2) is 25.0 Å². The van der Waals surface area contributed by atoms with Crippen LogP contribution in [0.4, 0.5) is 0 Å². The molecule has 0 spiro atoms. The van der Waals surface area contributed by atoms with Crippen molar-refractivity contribution in [2.24, 2.45) is 0 Å². The molecule has 0 saturated heterocycles. The first kappa shape index (κ1) is 16.5. The molecular formula is C15H27N3O2S. The minimum absolute atomic E-state index is 0.301. The lowest BCUT2D eigenvalue weighted by atomic mass is 9.84. The van der Waals surface area contributed by atoms with Crippen molar-refractivity contribution in [1.29, 1.82) is 0 Å². The van der Waals surface area contributed by atoms with E-state index in [9.17, 15) is 8.42 Å². The Hall–Kier alpha value is -0.850. The fraction of sp³-hybridized carbons (Fsp3) is 0.733. The van der Waals surface area contributed by atoms with Crippen LogP contribution < -0.4 is 10.0 Å². The molecule has 2 rings (SSSR count). The Labute approximate surface area is 128 Å². The Balaban J connectivity index is 2.05. The van der Waals surface area contributed by atoms with Gasteiger partial charge in [0.1, 0.15) is 0 Å². The van der Waals surface area contributed by atoms with Gasteiger partial charge in [0, 0.05) is 30.0 Å². The molecule has 5 nitrogen and oxygen atoms in total. The highest BCUT2D eigenvalue weighted by molar-refractivity contribution is 7.89. The summed E-state index contributed by atoms with van der Waals surface area (Å²) in [7, 11) is -3.45. The van der Waals surface area contributed by atoms with Crippen LogP contribution in [0.3, 0.4) is 0 Å². The van der Waals surface area contributed by atoms with Crippen LogP contribution in [0.2, 0.25) is 0 Å². The molecule has 120 valence electrons. The first-order valence-corrected chi connectivity index (χ1v) is 9.24. The van der Waals surface area contributed by atoms with Gasteiger partial charge in [0.25, 0.3) is 0 Å². The second kappa shape index (κ2) is 6.50. The molecule has 0 aliphatic heterocycles. The summed E-state index contributed by atoms with van der Waals surface area (Å²) >= 11 is 0. The zero-order valence-corrected chi connectivity index (χ0v) is 14.0. The summed E-state index contributed by atoms with van der Waals surface area (Å²) in [5.74, 6) is 0. The van der Waals surface area contributed by atoms with Gasteiger partial charge in [0.2, 0.25) is 10.0 Å². The molecule has 21 heavy (non-hydrogen) atoms. The van der Waals surface area contributed by atoms with E-state index in [2.05, 4.69) is 28.9 Å². The predicted molar refractivity (Wildman–Crippen MR) is 84.6 cm³/mol. The van der Waals surface area contributed by atoms with E-state index in [-0.39, 0.29) is 5.54 Å². The first-order chi connectivity index (χ1) is 9.81. The number of sulfonamides is 1. The van der Waals surface area contributed by atoms with Gasteiger partial charge in [-0.3, -0.25) is 0 Å². The summed E-state index contributed by atoms with van der Waals surface area (Å²) in [6.07, 6.45) is 6.79. The lowest BCUT2D eigenvalue weighted by Gasteiger charge is -2.33. The van der Waals surface area contributed by atoms with Gasteiger partial charge >= 0.3 is 0 Å². The Kier molecular flexibility index (Phi) is 5.11. The van der Waals surface area contributed by atoms with Gasteiger partial charge < -0.3 is 10.3 Å². The normalized spacial score (nSPS) is 19.0. The molecule has 1 aromatic rings. The fourth-order valence-electron chi connectivity index (χ4n) is 2.81. The van der Waals surface area contributed by atoms with Crippen molar-refractivity contribution >= 4 is 10.0 Å². The van der Waals surface area contributed by atoms with Crippen LogP contribution in [0.1, 0.15) is 58.6 Å². The summed E-state index contributed by atoms with van der Waals surface area (Å²) in [5, 5.41) is 3.27. The minimum atomic E-state index is -3.45. The van der Waals surface area contributed by atoms with Crippen molar-refractivity contribution < 1.29 is 8.42 Å². The highest BCUT2D eigenvalue weighted by Gasteiger charge is 2.32. The van der Waals surface area contributed by atoms with Gasteiger partial charge in [-0.25, -0.2) is 13.1 Å². The molecule has 3 N–H and O–H groups in total. The van der Waals surface area contributed by atoms with Crippen molar-refractivity contribution in [3.63, 3.8) is 0 Å². The molecule has 0 radical (unpaired) electrons. The maximum atomic E-state index is 12.5. The number of rotatable bonds is 6. The van der Waals surface area contributed by atoms with E-state index in [1.54, 1.807) is 12.3 Å². The van der Waals surface area contributed by atoms with Crippen molar-refractivity contribution in [1.82, 2.24) is 15.0 Å². The van der Waals surface area contributed by atoms with Crippen LogP contribution in [-0.2, 0) is 16.6 Å². The van der Waals surface area contributed by atoms with Gasteiger partial charge in [-0.15, -0.1) is 0 Å². The van der Waals surface area contributed by atoms with Crippen LogP contribution in [0.5, 0.6) is 0 Å². The smallest absolute Gasteiger partial charge is 0.242 e. The third kappa shape index (κ3) is 4.56. The Morgan fingerprint density at radius 1 is 1.29 bits per heavy atom. The molecule has 1 heterocycles. The van der Waals surface area contributed by atoms with E-state index in [0.29, 0.717) is 17.5 Å². The van der Waals surface area contributed by atoms with Crippen LogP contribution in [0, 0.1) is 0 Å². The largest absolute Gasteiger partial charge is 0.363 e. The molecule has 1 aliphatic rings. The number of aromatic amines is 1. The SMILES string of the molecule is CC(C)NCc1cc(S(=O)(=O)NC2(C)CCCCC2)c[nH]1. The number of hydrogen-bond acceptors (Lipinski definition) is 3. The summed E-state index contributed by atoms with van der Waals surface area (Å²) in [4.78, 5) is 3.36. The van der Waals surface area contributed by atoms with Crippen molar-refractivity contribution in [2.45, 2.75) is 75.9 Å². The van der Waals surface area contributed by atoms with Crippen LogP contribution in [0.15, 0.2) is 17.2 Å². The van der Waals surface area contributed by atoms with E-state index in [1.165, 1.54) is 6.42 Å². The van der Waals surface area contributed by atoms with Gasteiger partial charge in [0.05, 0.1) is 4.90 Å². The van der Waals surface area contributed by atoms with Gasteiger partial charge in [0.15, 0.2) is 0 Å². The van der Waals surface area contributed by atoms with Crippen molar-refractivity contribution in [3.05, 3.63) is 18.0 Å². The molecule has 0 aromatic carbocycles. The molecule has 0 unspecified atom stereocenters. The summed E-state index contributed by atoms with van der Waals surface area (Å²) < 4.78 is 27.9. The molecule has 0 atom stereocenters. The molecule has 0 amide bonds. The Bertz CT molecular complexity index is 557. The summed E-state index contributed by atoms with van der Waals surface area (Å²) in [6.45, 7) is 6.78. The maximum Gasteiger partial charge on any atom is 0.242 e. The molecular weight excluding hydrogens is 286 g/mol. The number of hydrogen-bond donors (Lipinski definition) is 3. The molecule has 1 saturated carbocycles. The third-order valence-electron chi connectivity index (χ3n) is 4.07. The second-order valence-corrected chi connectivity index (χ2v) is 8.31. The van der Waals surface area contributed by atoms with E-state index < -0.39 is 10.0 Å². The minimum Gasteiger partial charge on any atom is -0.363 e. The van der Waals surface area contributed by atoms with Crippen LogP contribution >= 0.6 is 0 Å². The Morgan fingerprint density at radius 2 is 1.95 bits per heavy atom. The average molecular weight is 313 g/mol. The topological polar surface area (TPSA) is 74.0 Å². The van der Waals surface area contributed by atoms with Crippen LogP contribution in [0.25, 0.3) is 0 Å². The summed E-state index contributed by atoms with van der Waals surface area (Å²) in [6, 6.07) is 2.08. The second-order valence-electron chi connectivity index (χ2n) is 6.62.